The number of hydroxylamine groups is 2. The fraction of sp³-hybridized carbons (Fsp3) is 0.556. The quantitative estimate of drug-likeness (QED) is 0.841. The van der Waals surface area contributed by atoms with Crippen molar-refractivity contribution >= 4 is 12.0 Å². The zero-order valence-corrected chi connectivity index (χ0v) is 15.0. The van der Waals surface area contributed by atoms with Gasteiger partial charge >= 0.3 is 6.09 Å². The lowest BCUT2D eigenvalue weighted by atomic mass is 9.80. The number of nitrogens with zero attached hydrogens (tertiary/aromatic N) is 1. The molecule has 0 aromatic heterocycles. The predicted octanol–water partition coefficient (Wildman–Crippen LogP) is 3.02. The zero-order valence-electron chi connectivity index (χ0n) is 15.0. The molecule has 132 valence electrons. The van der Waals surface area contributed by atoms with E-state index in [-0.39, 0.29) is 5.91 Å². The molecule has 0 unspecified atom stereocenters. The van der Waals surface area contributed by atoms with Gasteiger partial charge in [0.25, 0.3) is 5.91 Å². The van der Waals surface area contributed by atoms with Crippen LogP contribution in [0.1, 0.15) is 46.6 Å². The van der Waals surface area contributed by atoms with Crippen molar-refractivity contribution in [2.45, 2.75) is 64.8 Å². The third-order valence-electron chi connectivity index (χ3n) is 4.11. The van der Waals surface area contributed by atoms with Gasteiger partial charge in [-0.15, -0.1) is 0 Å². The van der Waals surface area contributed by atoms with Crippen molar-refractivity contribution in [1.82, 2.24) is 10.4 Å². The molecular formula is C18H26N2O4. The molecule has 24 heavy (non-hydrogen) atoms. The van der Waals surface area contributed by atoms with Crippen molar-refractivity contribution in [3.63, 3.8) is 0 Å². The Balaban J connectivity index is 1.98. The highest BCUT2D eigenvalue weighted by Crippen LogP contribution is 2.36. The van der Waals surface area contributed by atoms with E-state index in [1.54, 1.807) is 20.8 Å². The van der Waals surface area contributed by atoms with Gasteiger partial charge in [-0.05, 0) is 39.7 Å². The summed E-state index contributed by atoms with van der Waals surface area (Å²) in [5.41, 5.74) is -0.224. The molecule has 1 N–H and O–H groups in total. The summed E-state index contributed by atoms with van der Waals surface area (Å²) in [6.45, 7) is 9.49. The number of carbonyl (C=O) groups is 2. The number of alkyl carbamates (subject to hydrolysis) is 1. The second-order valence-corrected chi connectivity index (χ2v) is 7.18. The first-order chi connectivity index (χ1) is 11.2. The van der Waals surface area contributed by atoms with Crippen molar-refractivity contribution in [3.05, 3.63) is 35.9 Å². The number of amides is 2. The van der Waals surface area contributed by atoms with Crippen LogP contribution >= 0.6 is 0 Å². The monoisotopic (exact) mass is 334 g/mol. The Morgan fingerprint density at radius 2 is 1.92 bits per heavy atom. The molecule has 1 aromatic rings. The van der Waals surface area contributed by atoms with Crippen molar-refractivity contribution in [1.29, 1.82) is 0 Å². The van der Waals surface area contributed by atoms with Crippen molar-refractivity contribution in [2.24, 2.45) is 0 Å². The van der Waals surface area contributed by atoms with Gasteiger partial charge in [-0.25, -0.2) is 9.86 Å². The molecule has 1 fully saturated rings. The van der Waals surface area contributed by atoms with E-state index in [0.717, 1.165) is 5.56 Å². The number of benzene rings is 1. The first-order valence-electron chi connectivity index (χ1n) is 8.18. The van der Waals surface area contributed by atoms with Gasteiger partial charge in [0.15, 0.2) is 0 Å². The molecule has 0 spiro atoms. The van der Waals surface area contributed by atoms with Crippen LogP contribution in [0.2, 0.25) is 0 Å². The second kappa shape index (κ2) is 6.81. The van der Waals surface area contributed by atoms with E-state index in [2.05, 4.69) is 5.32 Å². The molecule has 0 aliphatic carbocycles. The second-order valence-electron chi connectivity index (χ2n) is 7.18. The lowest BCUT2D eigenvalue weighted by Gasteiger charge is -2.53. The number of nitrogens with one attached hydrogen (secondary N) is 1. The molecule has 1 aliphatic rings. The van der Waals surface area contributed by atoms with Gasteiger partial charge in [-0.1, -0.05) is 37.3 Å². The van der Waals surface area contributed by atoms with Crippen LogP contribution in [0, 0.1) is 0 Å². The summed E-state index contributed by atoms with van der Waals surface area (Å²) in [4.78, 5) is 30.0. The average Bonchev–Trinajstić information content (AvgIpc) is 2.51. The maximum Gasteiger partial charge on any atom is 0.408 e. The average molecular weight is 334 g/mol. The van der Waals surface area contributed by atoms with Gasteiger partial charge in [0, 0.05) is 0 Å². The summed E-state index contributed by atoms with van der Waals surface area (Å²) in [5.74, 6) is -0.263. The molecule has 0 bridgehead atoms. The Morgan fingerprint density at radius 3 is 2.46 bits per heavy atom. The standard InChI is InChI=1S/C18H26N2O4/c1-6-18(5)14(19-16(22)24-17(2,3)4)15(21)20(18)23-12-13-10-8-7-9-11-13/h7-11,14H,6,12H2,1-5H3,(H,19,22)/t14-,18+/m1/s1. The summed E-state index contributed by atoms with van der Waals surface area (Å²) in [6, 6.07) is 8.99. The highest BCUT2D eigenvalue weighted by Gasteiger charge is 2.58. The van der Waals surface area contributed by atoms with Crippen LogP contribution in [0.5, 0.6) is 0 Å². The fourth-order valence-corrected chi connectivity index (χ4v) is 2.60. The Morgan fingerprint density at radius 1 is 1.29 bits per heavy atom. The highest BCUT2D eigenvalue weighted by atomic mass is 16.7. The largest absolute Gasteiger partial charge is 0.444 e. The maximum atomic E-state index is 12.4. The van der Waals surface area contributed by atoms with Crippen LogP contribution in [0.15, 0.2) is 30.3 Å². The van der Waals surface area contributed by atoms with Crippen molar-refractivity contribution in [2.75, 3.05) is 0 Å². The number of carbonyl (C=O) groups excluding carboxylic acids is 2. The topological polar surface area (TPSA) is 67.9 Å². The zero-order chi connectivity index (χ0) is 18.0. The molecule has 2 atom stereocenters. The number of ether oxygens (including phenoxy) is 1. The molecule has 1 aromatic carbocycles. The number of rotatable bonds is 5. The molecule has 6 nitrogen and oxygen atoms in total. The van der Waals surface area contributed by atoms with Crippen molar-refractivity contribution in [3.8, 4) is 0 Å². The summed E-state index contributed by atoms with van der Waals surface area (Å²) in [6.07, 6.45) is 0.0526. The third kappa shape index (κ3) is 3.87. The Hall–Kier alpha value is -2.08. The van der Waals surface area contributed by atoms with Crippen LogP contribution in [0.3, 0.4) is 0 Å². The smallest absolute Gasteiger partial charge is 0.408 e. The third-order valence-corrected chi connectivity index (χ3v) is 4.11. The fourth-order valence-electron chi connectivity index (χ4n) is 2.60. The number of β-lactam (4-membered cyclic amide) rings is 1. The van der Waals surface area contributed by atoms with E-state index in [9.17, 15) is 9.59 Å². The minimum Gasteiger partial charge on any atom is -0.444 e. The molecule has 6 heteroatoms. The molecular weight excluding hydrogens is 308 g/mol. The molecule has 1 heterocycles. The van der Waals surface area contributed by atoms with E-state index >= 15 is 0 Å². The van der Waals surface area contributed by atoms with E-state index in [0.29, 0.717) is 13.0 Å². The number of hydrogen-bond donors (Lipinski definition) is 1. The highest BCUT2D eigenvalue weighted by molar-refractivity contribution is 5.93. The van der Waals surface area contributed by atoms with E-state index in [4.69, 9.17) is 9.57 Å². The SMILES string of the molecule is CC[C@@]1(C)[C@H](NC(=O)OC(C)(C)C)C(=O)N1OCc1ccccc1. The summed E-state index contributed by atoms with van der Waals surface area (Å²) in [7, 11) is 0. The maximum absolute atomic E-state index is 12.4. The van der Waals surface area contributed by atoms with Crippen LogP contribution in [-0.4, -0.2) is 34.2 Å². The molecule has 1 aliphatic heterocycles. The minimum atomic E-state index is -0.645. The molecule has 2 amide bonds. The van der Waals surface area contributed by atoms with E-state index in [1.165, 1.54) is 5.06 Å². The van der Waals surface area contributed by atoms with Crippen LogP contribution in [-0.2, 0) is 21.0 Å². The molecule has 2 rings (SSSR count). The number of hydrogen-bond acceptors (Lipinski definition) is 4. The Labute approximate surface area is 143 Å². The van der Waals surface area contributed by atoms with Gasteiger partial charge in [-0.2, -0.15) is 0 Å². The first kappa shape index (κ1) is 18.3. The lowest BCUT2D eigenvalue weighted by Crippen LogP contribution is -2.77. The van der Waals surface area contributed by atoms with Crippen molar-refractivity contribution < 1.29 is 19.2 Å². The minimum absolute atomic E-state index is 0.263. The van der Waals surface area contributed by atoms with Gasteiger partial charge < -0.3 is 10.1 Å². The predicted molar refractivity (Wildman–Crippen MR) is 89.9 cm³/mol. The summed E-state index contributed by atoms with van der Waals surface area (Å²) in [5, 5.41) is 4.02. The van der Waals surface area contributed by atoms with Gasteiger partial charge in [0.2, 0.25) is 0 Å². The van der Waals surface area contributed by atoms with Gasteiger partial charge in [0.05, 0.1) is 5.54 Å². The lowest BCUT2D eigenvalue weighted by molar-refractivity contribution is -0.267. The van der Waals surface area contributed by atoms with Gasteiger partial charge in [-0.3, -0.25) is 9.63 Å². The van der Waals surface area contributed by atoms with E-state index in [1.807, 2.05) is 44.2 Å². The molecule has 0 radical (unpaired) electrons. The Bertz CT molecular complexity index is 597. The summed E-state index contributed by atoms with van der Waals surface area (Å²) < 4.78 is 5.23. The van der Waals surface area contributed by atoms with E-state index < -0.39 is 23.3 Å². The van der Waals surface area contributed by atoms with Gasteiger partial charge in [0.1, 0.15) is 18.2 Å². The summed E-state index contributed by atoms with van der Waals surface area (Å²) >= 11 is 0. The van der Waals surface area contributed by atoms with Crippen LogP contribution < -0.4 is 5.32 Å². The van der Waals surface area contributed by atoms with Crippen LogP contribution in [0.4, 0.5) is 4.79 Å². The normalized spacial score (nSPS) is 23.6. The van der Waals surface area contributed by atoms with Crippen LogP contribution in [0.25, 0.3) is 0 Å². The molecule has 1 saturated heterocycles. The Kier molecular flexibility index (Phi) is 5.18. The molecule has 0 saturated carbocycles. The first-order valence-corrected chi connectivity index (χ1v) is 8.18.